The molecule has 0 aliphatic heterocycles. The zero-order chi connectivity index (χ0) is 16.0. The Kier molecular flexibility index (Phi) is 6.49. The van der Waals surface area contributed by atoms with Crippen LogP contribution in [0.4, 0.5) is 0 Å². The van der Waals surface area contributed by atoms with Gasteiger partial charge in [-0.2, -0.15) is 0 Å². The van der Waals surface area contributed by atoms with Crippen molar-refractivity contribution in [1.29, 1.82) is 0 Å². The second kappa shape index (κ2) is 8.14. The third-order valence-electron chi connectivity index (χ3n) is 5.74. The van der Waals surface area contributed by atoms with Crippen molar-refractivity contribution in [2.75, 3.05) is 19.8 Å². The molecule has 0 aromatic heterocycles. The van der Waals surface area contributed by atoms with E-state index < -0.39 is 0 Å². The summed E-state index contributed by atoms with van der Waals surface area (Å²) in [6.07, 6.45) is 11.3. The third kappa shape index (κ3) is 4.13. The number of carbonyl (C=O) groups is 1. The number of fused-ring (bicyclic) bond motifs is 2. The molecule has 0 aromatic carbocycles. The number of rotatable bonds is 10. The first-order chi connectivity index (χ1) is 10.6. The summed E-state index contributed by atoms with van der Waals surface area (Å²) in [6.45, 7) is 8.41. The maximum Gasteiger partial charge on any atom is 0.309 e. The molecule has 0 spiro atoms. The molecule has 1 fully saturated rings. The normalized spacial score (nSPS) is 26.6. The molecule has 2 aliphatic rings. The monoisotopic (exact) mass is 308 g/mol. The average Bonchev–Trinajstić information content (AvgIpc) is 3.16. The smallest absolute Gasteiger partial charge is 0.309 e. The highest BCUT2D eigenvalue weighted by Gasteiger charge is 2.40. The Labute approximate surface area is 135 Å². The summed E-state index contributed by atoms with van der Waals surface area (Å²) < 4.78 is 11.2. The zero-order valence-electron chi connectivity index (χ0n) is 14.5. The van der Waals surface area contributed by atoms with Crippen molar-refractivity contribution in [2.24, 2.45) is 23.2 Å². The SMILES string of the molecule is CCCC(CC)(CC)COCCOC(=O)C1CC2C=CC1C2. The maximum atomic E-state index is 12.1. The van der Waals surface area contributed by atoms with Gasteiger partial charge in [-0.15, -0.1) is 0 Å². The van der Waals surface area contributed by atoms with Gasteiger partial charge in [-0.05, 0) is 49.4 Å². The highest BCUT2D eigenvalue weighted by molar-refractivity contribution is 5.74. The molecule has 2 aliphatic carbocycles. The van der Waals surface area contributed by atoms with Crippen LogP contribution in [0.1, 0.15) is 59.3 Å². The largest absolute Gasteiger partial charge is 0.463 e. The van der Waals surface area contributed by atoms with Crippen LogP contribution in [0, 0.1) is 23.2 Å². The molecule has 0 aromatic rings. The van der Waals surface area contributed by atoms with Crippen LogP contribution >= 0.6 is 0 Å². The van der Waals surface area contributed by atoms with Gasteiger partial charge >= 0.3 is 5.97 Å². The molecule has 2 bridgehead atoms. The van der Waals surface area contributed by atoms with Gasteiger partial charge in [0.05, 0.1) is 19.1 Å². The fourth-order valence-corrected chi connectivity index (χ4v) is 4.06. The molecule has 0 radical (unpaired) electrons. The molecule has 3 nitrogen and oxygen atoms in total. The lowest BCUT2D eigenvalue weighted by molar-refractivity contribution is -0.151. The van der Waals surface area contributed by atoms with Crippen LogP contribution in [0.5, 0.6) is 0 Å². The molecule has 3 unspecified atom stereocenters. The van der Waals surface area contributed by atoms with Crippen LogP contribution in [-0.4, -0.2) is 25.8 Å². The molecule has 22 heavy (non-hydrogen) atoms. The molecule has 0 saturated heterocycles. The van der Waals surface area contributed by atoms with Gasteiger partial charge in [0.1, 0.15) is 6.61 Å². The molecule has 3 atom stereocenters. The molecule has 1 saturated carbocycles. The Morgan fingerprint density at radius 1 is 1.14 bits per heavy atom. The lowest BCUT2D eigenvalue weighted by Crippen LogP contribution is -2.27. The second-order valence-corrected chi connectivity index (χ2v) is 7.06. The number of carbonyl (C=O) groups excluding carboxylic acids is 1. The van der Waals surface area contributed by atoms with Crippen LogP contribution in [0.2, 0.25) is 0 Å². The first-order valence-corrected chi connectivity index (χ1v) is 9.06. The van der Waals surface area contributed by atoms with Crippen LogP contribution in [0.3, 0.4) is 0 Å². The molecule has 126 valence electrons. The summed E-state index contributed by atoms with van der Waals surface area (Å²) >= 11 is 0. The third-order valence-corrected chi connectivity index (χ3v) is 5.74. The van der Waals surface area contributed by atoms with Crippen molar-refractivity contribution in [3.05, 3.63) is 12.2 Å². The quantitative estimate of drug-likeness (QED) is 0.341. The predicted molar refractivity (Wildman–Crippen MR) is 88.5 cm³/mol. The molecule has 0 N–H and O–H groups in total. The highest BCUT2D eigenvalue weighted by Crippen LogP contribution is 2.43. The van der Waals surface area contributed by atoms with Crippen molar-refractivity contribution in [2.45, 2.75) is 59.3 Å². The molecule has 3 heteroatoms. The van der Waals surface area contributed by atoms with Gasteiger partial charge in [-0.1, -0.05) is 39.3 Å². The van der Waals surface area contributed by atoms with E-state index in [1.165, 1.54) is 12.8 Å². The van der Waals surface area contributed by atoms with E-state index in [4.69, 9.17) is 9.47 Å². The molecule has 0 amide bonds. The minimum atomic E-state index is -0.0220. The van der Waals surface area contributed by atoms with Crippen LogP contribution in [-0.2, 0) is 14.3 Å². The number of ether oxygens (including phenoxy) is 2. The summed E-state index contributed by atoms with van der Waals surface area (Å²) in [7, 11) is 0. The predicted octanol–water partition coefficient (Wildman–Crippen LogP) is 4.36. The summed E-state index contributed by atoms with van der Waals surface area (Å²) in [5, 5.41) is 0. The number of hydrogen-bond donors (Lipinski definition) is 0. The average molecular weight is 308 g/mol. The molecular formula is C19H32O3. The van der Waals surface area contributed by atoms with E-state index in [0.29, 0.717) is 30.5 Å². The van der Waals surface area contributed by atoms with Gasteiger partial charge < -0.3 is 9.47 Å². The van der Waals surface area contributed by atoms with Crippen LogP contribution in [0.25, 0.3) is 0 Å². The standard InChI is InChI=1S/C19H32O3/c1-4-9-19(5-2,6-3)14-21-10-11-22-18(20)17-13-15-7-8-16(17)12-15/h7-8,15-17H,4-6,9-14H2,1-3H3. The Morgan fingerprint density at radius 3 is 2.45 bits per heavy atom. The van der Waals surface area contributed by atoms with E-state index in [9.17, 15) is 4.79 Å². The van der Waals surface area contributed by atoms with Gasteiger partial charge in [-0.3, -0.25) is 4.79 Å². The minimum Gasteiger partial charge on any atom is -0.463 e. The van der Waals surface area contributed by atoms with Crippen molar-refractivity contribution in [1.82, 2.24) is 0 Å². The zero-order valence-corrected chi connectivity index (χ0v) is 14.5. The molecule has 0 heterocycles. The van der Waals surface area contributed by atoms with E-state index in [0.717, 1.165) is 32.3 Å². The number of allylic oxidation sites excluding steroid dienone is 2. The Balaban J connectivity index is 1.62. The fourth-order valence-electron chi connectivity index (χ4n) is 4.06. The van der Waals surface area contributed by atoms with E-state index in [2.05, 4.69) is 32.9 Å². The molecular weight excluding hydrogens is 276 g/mol. The van der Waals surface area contributed by atoms with Crippen LogP contribution < -0.4 is 0 Å². The maximum absolute atomic E-state index is 12.1. The number of hydrogen-bond acceptors (Lipinski definition) is 3. The van der Waals surface area contributed by atoms with Gasteiger partial charge in [0.15, 0.2) is 0 Å². The summed E-state index contributed by atoms with van der Waals surface area (Å²) in [5.74, 6) is 1.12. The molecule has 2 rings (SSSR count). The first kappa shape index (κ1) is 17.5. The Hall–Kier alpha value is -0.830. The fraction of sp³-hybridized carbons (Fsp3) is 0.842. The van der Waals surface area contributed by atoms with Crippen LogP contribution in [0.15, 0.2) is 12.2 Å². The highest BCUT2D eigenvalue weighted by atomic mass is 16.6. The Bertz CT molecular complexity index is 384. The second-order valence-electron chi connectivity index (χ2n) is 7.06. The van der Waals surface area contributed by atoms with E-state index in [1.807, 2.05) is 0 Å². The van der Waals surface area contributed by atoms with Gasteiger partial charge in [-0.25, -0.2) is 0 Å². The van der Waals surface area contributed by atoms with E-state index in [1.54, 1.807) is 0 Å². The topological polar surface area (TPSA) is 35.5 Å². The first-order valence-electron chi connectivity index (χ1n) is 9.06. The Morgan fingerprint density at radius 2 is 1.91 bits per heavy atom. The lowest BCUT2D eigenvalue weighted by atomic mass is 9.79. The van der Waals surface area contributed by atoms with Crippen molar-refractivity contribution in [3.8, 4) is 0 Å². The van der Waals surface area contributed by atoms with Crippen molar-refractivity contribution >= 4 is 5.97 Å². The van der Waals surface area contributed by atoms with Gasteiger partial charge in [0.25, 0.3) is 0 Å². The van der Waals surface area contributed by atoms with E-state index in [-0.39, 0.29) is 11.9 Å². The summed E-state index contributed by atoms with van der Waals surface area (Å²) in [4.78, 5) is 12.1. The van der Waals surface area contributed by atoms with Crippen molar-refractivity contribution < 1.29 is 14.3 Å². The lowest BCUT2D eigenvalue weighted by Gasteiger charge is -2.31. The van der Waals surface area contributed by atoms with E-state index >= 15 is 0 Å². The van der Waals surface area contributed by atoms with Crippen molar-refractivity contribution in [3.63, 3.8) is 0 Å². The minimum absolute atomic E-state index is 0.0220. The van der Waals surface area contributed by atoms with Gasteiger partial charge in [0.2, 0.25) is 0 Å². The van der Waals surface area contributed by atoms with Gasteiger partial charge in [0, 0.05) is 0 Å². The number of esters is 1. The summed E-state index contributed by atoms with van der Waals surface area (Å²) in [6, 6.07) is 0. The summed E-state index contributed by atoms with van der Waals surface area (Å²) in [5.41, 5.74) is 0.300.